The van der Waals surface area contributed by atoms with Gasteiger partial charge in [0, 0.05) is 23.8 Å². The topological polar surface area (TPSA) is 64.9 Å². The zero-order chi connectivity index (χ0) is 17.1. The van der Waals surface area contributed by atoms with Crippen LogP contribution in [0.2, 0.25) is 5.02 Å². The lowest BCUT2D eigenvalue weighted by molar-refractivity contribution is 0.0951. The monoisotopic (exact) mass is 343 g/mol. The molecule has 0 atom stereocenters. The molecule has 0 radical (unpaired) electrons. The second kappa shape index (κ2) is 6.90. The number of amides is 1. The Labute approximate surface area is 144 Å². The summed E-state index contributed by atoms with van der Waals surface area (Å²) in [7, 11) is 0. The maximum Gasteiger partial charge on any atom is 0.253 e. The van der Waals surface area contributed by atoms with Crippen LogP contribution >= 0.6 is 11.6 Å². The van der Waals surface area contributed by atoms with Gasteiger partial charge in [-0.1, -0.05) is 17.7 Å². The van der Waals surface area contributed by atoms with Crippen LogP contribution in [0.15, 0.2) is 36.4 Å². The van der Waals surface area contributed by atoms with Crippen LogP contribution in [0.1, 0.15) is 34.3 Å². The van der Waals surface area contributed by atoms with Crippen molar-refractivity contribution in [3.63, 3.8) is 0 Å². The number of anilines is 1. The smallest absolute Gasteiger partial charge is 0.253 e. The summed E-state index contributed by atoms with van der Waals surface area (Å²) in [5, 5.41) is 15.0. The summed E-state index contributed by atoms with van der Waals surface area (Å²) in [5.74, 6) is -0.611. The second-order valence-electron chi connectivity index (χ2n) is 5.71. The molecular formula is C18H15ClFN3O. The van der Waals surface area contributed by atoms with E-state index in [0.717, 1.165) is 12.8 Å². The van der Waals surface area contributed by atoms with Crippen LogP contribution in [0.25, 0.3) is 0 Å². The van der Waals surface area contributed by atoms with Crippen LogP contribution in [0.3, 0.4) is 0 Å². The highest BCUT2D eigenvalue weighted by atomic mass is 35.5. The molecular weight excluding hydrogens is 329 g/mol. The number of nitrogens with one attached hydrogen (secondary N) is 2. The second-order valence-corrected chi connectivity index (χ2v) is 6.12. The fourth-order valence-corrected chi connectivity index (χ4v) is 2.52. The van der Waals surface area contributed by atoms with E-state index in [1.807, 2.05) is 6.07 Å². The first-order chi connectivity index (χ1) is 11.6. The number of carbonyl (C=O) groups is 1. The molecule has 2 aromatic carbocycles. The van der Waals surface area contributed by atoms with Crippen molar-refractivity contribution in [3.8, 4) is 6.07 Å². The molecule has 0 aliphatic heterocycles. The van der Waals surface area contributed by atoms with Crippen molar-refractivity contribution in [2.24, 2.45) is 0 Å². The summed E-state index contributed by atoms with van der Waals surface area (Å²) >= 11 is 6.17. The summed E-state index contributed by atoms with van der Waals surface area (Å²) < 4.78 is 13.8. The summed E-state index contributed by atoms with van der Waals surface area (Å²) in [6, 6.07) is 11.5. The predicted octanol–water partition coefficient (Wildman–Crippen LogP) is 3.86. The highest BCUT2D eigenvalue weighted by molar-refractivity contribution is 6.34. The van der Waals surface area contributed by atoms with E-state index in [9.17, 15) is 9.18 Å². The fourth-order valence-electron chi connectivity index (χ4n) is 2.26. The number of hydrogen-bond acceptors (Lipinski definition) is 3. The van der Waals surface area contributed by atoms with Crippen LogP contribution in [0.5, 0.6) is 0 Å². The molecule has 0 unspecified atom stereocenters. The third-order valence-electron chi connectivity index (χ3n) is 3.79. The van der Waals surface area contributed by atoms with Crippen LogP contribution in [-0.2, 0) is 6.54 Å². The molecule has 0 heterocycles. The van der Waals surface area contributed by atoms with Crippen LogP contribution in [0, 0.1) is 17.1 Å². The van der Waals surface area contributed by atoms with E-state index in [2.05, 4.69) is 10.6 Å². The van der Waals surface area contributed by atoms with Gasteiger partial charge < -0.3 is 10.6 Å². The first-order valence-electron chi connectivity index (χ1n) is 7.59. The number of benzene rings is 2. The van der Waals surface area contributed by atoms with Gasteiger partial charge in [0.2, 0.25) is 0 Å². The standard InChI is InChI=1S/C18H15ClFN3O/c19-16-8-14(5-6-15(16)18(24)23-13-3-4-13)22-10-12-2-1-11(9-21)7-17(12)20/h1-2,5-8,13,22H,3-4,10H2,(H,23,24). The molecule has 1 saturated carbocycles. The van der Waals surface area contributed by atoms with Crippen molar-refractivity contribution in [1.29, 1.82) is 5.26 Å². The maximum absolute atomic E-state index is 13.8. The van der Waals surface area contributed by atoms with Gasteiger partial charge in [0.25, 0.3) is 5.91 Å². The average molecular weight is 344 g/mol. The summed E-state index contributed by atoms with van der Waals surface area (Å²) in [5.41, 5.74) is 1.84. The molecule has 1 amide bonds. The molecule has 1 fully saturated rings. The molecule has 4 nitrogen and oxygen atoms in total. The van der Waals surface area contributed by atoms with Gasteiger partial charge in [0.15, 0.2) is 0 Å². The van der Waals surface area contributed by atoms with Crippen molar-refractivity contribution in [3.05, 3.63) is 63.9 Å². The Hall–Kier alpha value is -2.58. The SMILES string of the molecule is N#Cc1ccc(CNc2ccc(C(=O)NC3CC3)c(Cl)c2)c(F)c1. The first kappa shape index (κ1) is 16.3. The van der Waals surface area contributed by atoms with Crippen LogP contribution < -0.4 is 10.6 Å². The van der Waals surface area contributed by atoms with Gasteiger partial charge in [0.1, 0.15) is 5.82 Å². The molecule has 0 aromatic heterocycles. The van der Waals surface area contributed by atoms with E-state index >= 15 is 0 Å². The van der Waals surface area contributed by atoms with E-state index in [0.29, 0.717) is 21.8 Å². The zero-order valence-electron chi connectivity index (χ0n) is 12.8. The molecule has 6 heteroatoms. The Morgan fingerprint density at radius 1 is 1.29 bits per heavy atom. The van der Waals surface area contributed by atoms with Crippen molar-refractivity contribution in [2.45, 2.75) is 25.4 Å². The maximum atomic E-state index is 13.8. The Morgan fingerprint density at radius 2 is 2.08 bits per heavy atom. The van der Waals surface area contributed by atoms with Gasteiger partial charge in [-0.3, -0.25) is 4.79 Å². The van der Waals surface area contributed by atoms with Crippen molar-refractivity contribution in [1.82, 2.24) is 5.32 Å². The fraction of sp³-hybridized carbons (Fsp3) is 0.222. The van der Waals surface area contributed by atoms with Crippen molar-refractivity contribution in [2.75, 3.05) is 5.32 Å². The first-order valence-corrected chi connectivity index (χ1v) is 7.97. The Balaban J connectivity index is 1.66. The van der Waals surface area contributed by atoms with E-state index in [1.54, 1.807) is 30.3 Å². The van der Waals surface area contributed by atoms with Gasteiger partial charge >= 0.3 is 0 Å². The lowest BCUT2D eigenvalue weighted by atomic mass is 10.1. The highest BCUT2D eigenvalue weighted by Crippen LogP contribution is 2.24. The third kappa shape index (κ3) is 3.84. The molecule has 24 heavy (non-hydrogen) atoms. The van der Waals surface area contributed by atoms with Crippen molar-refractivity contribution < 1.29 is 9.18 Å². The van der Waals surface area contributed by atoms with Crippen LogP contribution in [0.4, 0.5) is 10.1 Å². The molecule has 0 saturated heterocycles. The zero-order valence-corrected chi connectivity index (χ0v) is 13.5. The minimum absolute atomic E-state index is 0.174. The quantitative estimate of drug-likeness (QED) is 0.866. The van der Waals surface area contributed by atoms with Gasteiger partial charge in [-0.05, 0) is 43.2 Å². The summed E-state index contributed by atoms with van der Waals surface area (Å²) in [4.78, 5) is 12.0. The van der Waals surface area contributed by atoms with Gasteiger partial charge in [-0.2, -0.15) is 5.26 Å². The molecule has 3 rings (SSSR count). The summed E-state index contributed by atoms with van der Waals surface area (Å²) in [6.07, 6.45) is 2.03. The molecule has 1 aliphatic rings. The lowest BCUT2D eigenvalue weighted by Crippen LogP contribution is -2.25. The lowest BCUT2D eigenvalue weighted by Gasteiger charge is -2.10. The molecule has 0 spiro atoms. The predicted molar refractivity (Wildman–Crippen MR) is 90.4 cm³/mol. The Morgan fingerprint density at radius 3 is 2.71 bits per heavy atom. The highest BCUT2D eigenvalue weighted by Gasteiger charge is 2.24. The van der Waals surface area contributed by atoms with Crippen LogP contribution in [-0.4, -0.2) is 11.9 Å². The number of halogens is 2. The average Bonchev–Trinajstić information content (AvgIpc) is 3.37. The number of carbonyl (C=O) groups excluding carboxylic acids is 1. The van der Waals surface area contributed by atoms with Gasteiger partial charge in [0.05, 0.1) is 22.2 Å². The largest absolute Gasteiger partial charge is 0.381 e. The number of nitrogens with zero attached hydrogens (tertiary/aromatic N) is 1. The molecule has 2 aromatic rings. The minimum atomic E-state index is -0.437. The van der Waals surface area contributed by atoms with E-state index in [4.69, 9.17) is 16.9 Å². The molecule has 2 N–H and O–H groups in total. The van der Waals surface area contributed by atoms with E-state index < -0.39 is 5.82 Å². The minimum Gasteiger partial charge on any atom is -0.381 e. The number of nitriles is 1. The normalized spacial score (nSPS) is 13.2. The van der Waals surface area contributed by atoms with Gasteiger partial charge in [-0.15, -0.1) is 0 Å². The number of hydrogen-bond donors (Lipinski definition) is 2. The number of rotatable bonds is 5. The van der Waals surface area contributed by atoms with Crippen molar-refractivity contribution >= 4 is 23.2 Å². The summed E-state index contributed by atoms with van der Waals surface area (Å²) in [6.45, 7) is 0.251. The van der Waals surface area contributed by atoms with E-state index in [-0.39, 0.29) is 24.1 Å². The Kier molecular flexibility index (Phi) is 4.68. The third-order valence-corrected chi connectivity index (χ3v) is 4.10. The van der Waals surface area contributed by atoms with Gasteiger partial charge in [-0.25, -0.2) is 4.39 Å². The Bertz CT molecular complexity index is 827. The van der Waals surface area contributed by atoms with E-state index in [1.165, 1.54) is 6.07 Å². The molecule has 0 bridgehead atoms. The molecule has 1 aliphatic carbocycles. The molecule has 122 valence electrons.